The quantitative estimate of drug-likeness (QED) is 0.935. The summed E-state index contributed by atoms with van der Waals surface area (Å²) in [6.45, 7) is 0. The first-order valence-electron chi connectivity index (χ1n) is 7.26. The van der Waals surface area contributed by atoms with E-state index in [4.69, 9.17) is 10.00 Å². The Morgan fingerprint density at radius 1 is 1.39 bits per heavy atom. The fraction of sp³-hybridized carbons (Fsp3) is 0.235. The summed E-state index contributed by atoms with van der Waals surface area (Å²) in [5.74, 6) is 2.38. The molecule has 1 fully saturated rings. The summed E-state index contributed by atoms with van der Waals surface area (Å²) in [4.78, 5) is 16.4. The molecule has 1 atom stereocenters. The molecule has 1 aliphatic heterocycles. The number of benzene rings is 1. The van der Waals surface area contributed by atoms with Gasteiger partial charge in [0.05, 0.1) is 17.2 Å². The molecule has 0 spiro atoms. The van der Waals surface area contributed by atoms with Gasteiger partial charge in [0, 0.05) is 23.7 Å². The second kappa shape index (κ2) is 7.16. The molecule has 1 aromatic heterocycles. The average Bonchev–Trinajstić information content (AvgIpc) is 3.08. The Hall–Kier alpha value is -2.52. The molecular weight excluding hydrogens is 310 g/mol. The Bertz CT molecular complexity index is 734. The van der Waals surface area contributed by atoms with Gasteiger partial charge in [0.15, 0.2) is 0 Å². The van der Waals surface area contributed by atoms with E-state index in [1.165, 1.54) is 6.20 Å². The van der Waals surface area contributed by atoms with Crippen LogP contribution in [0.4, 0.5) is 5.69 Å². The highest BCUT2D eigenvalue weighted by atomic mass is 32.2. The van der Waals surface area contributed by atoms with Crippen LogP contribution in [0.3, 0.4) is 0 Å². The smallest absolute Gasteiger partial charge is 0.257 e. The second-order valence-electron chi connectivity index (χ2n) is 5.14. The Morgan fingerprint density at radius 2 is 2.30 bits per heavy atom. The molecule has 2 heterocycles. The van der Waals surface area contributed by atoms with Gasteiger partial charge in [-0.15, -0.1) is 0 Å². The molecule has 0 bridgehead atoms. The molecule has 1 saturated heterocycles. The van der Waals surface area contributed by atoms with E-state index in [1.807, 2.05) is 17.8 Å². The van der Waals surface area contributed by atoms with E-state index in [-0.39, 0.29) is 12.0 Å². The minimum Gasteiger partial charge on any atom is -0.473 e. The maximum absolute atomic E-state index is 12.2. The number of aromatic nitrogens is 1. The van der Waals surface area contributed by atoms with E-state index in [0.29, 0.717) is 22.7 Å². The molecule has 5 nitrogen and oxygen atoms in total. The van der Waals surface area contributed by atoms with Crippen LogP contribution in [-0.4, -0.2) is 28.5 Å². The van der Waals surface area contributed by atoms with Crippen LogP contribution >= 0.6 is 11.8 Å². The minimum absolute atomic E-state index is 0.209. The third-order valence-electron chi connectivity index (χ3n) is 3.42. The number of nitriles is 1. The monoisotopic (exact) mass is 325 g/mol. The molecular formula is C17H15N3O2S. The van der Waals surface area contributed by atoms with Crippen LogP contribution in [0.5, 0.6) is 5.88 Å². The van der Waals surface area contributed by atoms with Gasteiger partial charge in [0.1, 0.15) is 6.10 Å². The number of nitrogens with one attached hydrogen (secondary N) is 1. The van der Waals surface area contributed by atoms with Gasteiger partial charge in [-0.1, -0.05) is 6.07 Å². The zero-order valence-corrected chi connectivity index (χ0v) is 13.2. The van der Waals surface area contributed by atoms with Gasteiger partial charge in [-0.2, -0.15) is 17.0 Å². The summed E-state index contributed by atoms with van der Waals surface area (Å²) in [5, 5.41) is 11.6. The maximum atomic E-state index is 12.2. The van der Waals surface area contributed by atoms with Crippen molar-refractivity contribution >= 4 is 23.4 Å². The molecule has 2 aromatic rings. The lowest BCUT2D eigenvalue weighted by atomic mass is 10.2. The summed E-state index contributed by atoms with van der Waals surface area (Å²) in [6, 6.07) is 12.2. The van der Waals surface area contributed by atoms with Gasteiger partial charge in [0.25, 0.3) is 5.91 Å². The Balaban J connectivity index is 1.64. The second-order valence-corrected chi connectivity index (χ2v) is 6.29. The molecule has 0 aliphatic carbocycles. The first kappa shape index (κ1) is 15.4. The van der Waals surface area contributed by atoms with Crippen molar-refractivity contribution in [2.24, 2.45) is 0 Å². The number of hydrogen-bond acceptors (Lipinski definition) is 5. The van der Waals surface area contributed by atoms with Gasteiger partial charge < -0.3 is 10.1 Å². The van der Waals surface area contributed by atoms with Crippen molar-refractivity contribution in [2.45, 2.75) is 12.5 Å². The maximum Gasteiger partial charge on any atom is 0.257 e. The Morgan fingerprint density at radius 3 is 3.00 bits per heavy atom. The summed E-state index contributed by atoms with van der Waals surface area (Å²) >= 11 is 1.87. The van der Waals surface area contributed by atoms with Crippen LogP contribution in [0, 0.1) is 11.3 Å². The topological polar surface area (TPSA) is 75.0 Å². The number of ether oxygens (including phenoxy) is 1. The predicted molar refractivity (Wildman–Crippen MR) is 89.7 cm³/mol. The molecule has 1 N–H and O–H groups in total. The third-order valence-corrected chi connectivity index (χ3v) is 4.56. The summed E-state index contributed by atoms with van der Waals surface area (Å²) < 4.78 is 5.76. The summed E-state index contributed by atoms with van der Waals surface area (Å²) in [6.07, 6.45) is 2.74. The number of anilines is 1. The van der Waals surface area contributed by atoms with E-state index >= 15 is 0 Å². The highest BCUT2D eigenvalue weighted by Crippen LogP contribution is 2.22. The lowest BCUT2D eigenvalue weighted by molar-refractivity contribution is 0.102. The number of carbonyl (C=O) groups is 1. The number of amides is 1. The fourth-order valence-corrected chi connectivity index (χ4v) is 3.32. The van der Waals surface area contributed by atoms with E-state index in [1.54, 1.807) is 36.4 Å². The van der Waals surface area contributed by atoms with Crippen molar-refractivity contribution in [1.82, 2.24) is 4.98 Å². The SMILES string of the molecule is N#Cc1cccc(NC(=O)c2ccc(OC3CCSC3)nc2)c1. The van der Waals surface area contributed by atoms with Gasteiger partial charge in [-0.05, 0) is 36.4 Å². The lowest BCUT2D eigenvalue weighted by Crippen LogP contribution is -2.16. The molecule has 1 aliphatic rings. The van der Waals surface area contributed by atoms with Crippen molar-refractivity contribution in [3.8, 4) is 11.9 Å². The number of hydrogen-bond donors (Lipinski definition) is 1. The minimum atomic E-state index is -0.268. The largest absolute Gasteiger partial charge is 0.473 e. The molecule has 1 amide bonds. The van der Waals surface area contributed by atoms with Crippen LogP contribution in [-0.2, 0) is 0 Å². The summed E-state index contributed by atoms with van der Waals surface area (Å²) in [7, 11) is 0. The van der Waals surface area contributed by atoms with Crippen LogP contribution in [0.2, 0.25) is 0 Å². The van der Waals surface area contributed by atoms with Crippen LogP contribution in [0.15, 0.2) is 42.6 Å². The average molecular weight is 325 g/mol. The molecule has 116 valence electrons. The Kier molecular flexibility index (Phi) is 4.79. The molecule has 6 heteroatoms. The molecule has 3 rings (SSSR count). The lowest BCUT2D eigenvalue weighted by Gasteiger charge is -2.11. The zero-order chi connectivity index (χ0) is 16.1. The molecule has 1 unspecified atom stereocenters. The number of carbonyl (C=O) groups excluding carboxylic acids is 1. The van der Waals surface area contributed by atoms with Crippen molar-refractivity contribution in [3.05, 3.63) is 53.7 Å². The third kappa shape index (κ3) is 4.02. The van der Waals surface area contributed by atoms with Gasteiger partial charge >= 0.3 is 0 Å². The van der Waals surface area contributed by atoms with E-state index in [0.717, 1.165) is 17.9 Å². The molecule has 1 aromatic carbocycles. The standard InChI is InChI=1S/C17H15N3O2S/c18-9-12-2-1-3-14(8-12)20-17(21)13-4-5-16(19-10-13)22-15-6-7-23-11-15/h1-5,8,10,15H,6-7,11H2,(H,20,21). The van der Waals surface area contributed by atoms with E-state index in [9.17, 15) is 4.79 Å². The number of rotatable bonds is 4. The van der Waals surface area contributed by atoms with E-state index in [2.05, 4.69) is 10.3 Å². The van der Waals surface area contributed by atoms with Crippen molar-refractivity contribution in [3.63, 3.8) is 0 Å². The van der Waals surface area contributed by atoms with Gasteiger partial charge in [0.2, 0.25) is 5.88 Å². The van der Waals surface area contributed by atoms with Crippen LogP contribution < -0.4 is 10.1 Å². The first-order chi connectivity index (χ1) is 11.2. The number of pyridine rings is 1. The summed E-state index contributed by atoms with van der Waals surface area (Å²) in [5.41, 5.74) is 1.52. The number of thioether (sulfide) groups is 1. The molecule has 0 saturated carbocycles. The fourth-order valence-electron chi connectivity index (χ4n) is 2.23. The molecule has 23 heavy (non-hydrogen) atoms. The van der Waals surface area contributed by atoms with Crippen LogP contribution in [0.1, 0.15) is 22.3 Å². The molecule has 0 radical (unpaired) electrons. The zero-order valence-electron chi connectivity index (χ0n) is 12.4. The van der Waals surface area contributed by atoms with E-state index < -0.39 is 0 Å². The van der Waals surface area contributed by atoms with Crippen LogP contribution in [0.25, 0.3) is 0 Å². The first-order valence-corrected chi connectivity index (χ1v) is 8.42. The highest BCUT2D eigenvalue weighted by molar-refractivity contribution is 7.99. The predicted octanol–water partition coefficient (Wildman–Crippen LogP) is 3.09. The van der Waals surface area contributed by atoms with Gasteiger partial charge in [-0.25, -0.2) is 4.98 Å². The van der Waals surface area contributed by atoms with Crippen molar-refractivity contribution in [2.75, 3.05) is 16.8 Å². The van der Waals surface area contributed by atoms with Crippen molar-refractivity contribution in [1.29, 1.82) is 5.26 Å². The number of nitrogens with zero attached hydrogens (tertiary/aromatic N) is 2. The highest BCUT2D eigenvalue weighted by Gasteiger charge is 2.17. The Labute approximate surface area is 138 Å². The van der Waals surface area contributed by atoms with Gasteiger partial charge in [-0.3, -0.25) is 4.79 Å². The normalized spacial score (nSPS) is 16.6. The van der Waals surface area contributed by atoms with Crippen molar-refractivity contribution < 1.29 is 9.53 Å².